The first kappa shape index (κ1) is 23.3. The van der Waals surface area contributed by atoms with E-state index in [0.29, 0.717) is 0 Å². The van der Waals surface area contributed by atoms with E-state index in [0.717, 1.165) is 22.3 Å². The van der Waals surface area contributed by atoms with Gasteiger partial charge in [0.25, 0.3) is 0 Å². The Morgan fingerprint density at radius 1 is 0.938 bits per heavy atom. The lowest BCUT2D eigenvalue weighted by molar-refractivity contribution is -0.119. The van der Waals surface area contributed by atoms with Crippen molar-refractivity contribution in [2.75, 3.05) is 13.2 Å². The third-order valence-corrected chi connectivity index (χ3v) is 5.23. The van der Waals surface area contributed by atoms with Crippen LogP contribution in [0.4, 0.5) is 9.59 Å². The monoisotopic (exact) mass is 438 g/mol. The first-order valence-corrected chi connectivity index (χ1v) is 10.7. The van der Waals surface area contributed by atoms with Crippen LogP contribution in [0.1, 0.15) is 51.2 Å². The van der Waals surface area contributed by atoms with Gasteiger partial charge in [0, 0.05) is 12.5 Å². The molecule has 1 atom stereocenters. The van der Waals surface area contributed by atoms with E-state index < -0.39 is 23.8 Å². The van der Waals surface area contributed by atoms with Gasteiger partial charge in [0.05, 0.1) is 6.04 Å². The quantitative estimate of drug-likeness (QED) is 0.668. The number of carbonyl (C=O) groups excluding carboxylic acids is 3. The summed E-state index contributed by atoms with van der Waals surface area (Å²) in [5, 5.41) is 5.20. The van der Waals surface area contributed by atoms with Crippen LogP contribution >= 0.6 is 0 Å². The van der Waals surface area contributed by atoms with Gasteiger partial charge in [-0.1, -0.05) is 48.5 Å². The van der Waals surface area contributed by atoms with Crippen molar-refractivity contribution < 1.29 is 23.9 Å². The molecule has 1 aliphatic carbocycles. The first-order chi connectivity index (χ1) is 15.2. The molecule has 0 bridgehead atoms. The highest BCUT2D eigenvalue weighted by Crippen LogP contribution is 2.44. The summed E-state index contributed by atoms with van der Waals surface area (Å²) < 4.78 is 10.7. The molecule has 0 saturated heterocycles. The van der Waals surface area contributed by atoms with E-state index in [9.17, 15) is 14.4 Å². The number of fused-ring (bicyclic) bond motifs is 3. The van der Waals surface area contributed by atoms with Crippen molar-refractivity contribution in [3.8, 4) is 11.1 Å². The van der Waals surface area contributed by atoms with E-state index in [1.165, 1.54) is 6.92 Å². The fourth-order valence-electron chi connectivity index (χ4n) is 3.79. The van der Waals surface area contributed by atoms with Crippen LogP contribution in [0.3, 0.4) is 0 Å². The van der Waals surface area contributed by atoms with Crippen molar-refractivity contribution >= 4 is 18.0 Å². The molecule has 0 aromatic heterocycles. The van der Waals surface area contributed by atoms with Crippen LogP contribution < -0.4 is 10.6 Å². The molecule has 7 nitrogen and oxygen atoms in total. The van der Waals surface area contributed by atoms with Gasteiger partial charge in [0.15, 0.2) is 5.78 Å². The van der Waals surface area contributed by atoms with E-state index >= 15 is 0 Å². The van der Waals surface area contributed by atoms with Gasteiger partial charge in [-0.2, -0.15) is 0 Å². The van der Waals surface area contributed by atoms with Crippen molar-refractivity contribution in [2.45, 2.75) is 51.7 Å². The molecule has 2 aromatic rings. The molecule has 3 rings (SSSR count). The molecule has 0 aliphatic heterocycles. The number of ether oxygens (including phenoxy) is 2. The van der Waals surface area contributed by atoms with Crippen molar-refractivity contribution in [3.05, 3.63) is 59.7 Å². The molecule has 2 amide bonds. The highest BCUT2D eigenvalue weighted by Gasteiger charge is 2.29. The van der Waals surface area contributed by atoms with Crippen LogP contribution in [0.15, 0.2) is 48.5 Å². The number of carbonyl (C=O) groups is 3. The molecular weight excluding hydrogens is 408 g/mol. The van der Waals surface area contributed by atoms with E-state index in [4.69, 9.17) is 9.47 Å². The number of nitrogens with one attached hydrogen (secondary N) is 2. The fraction of sp³-hybridized carbons (Fsp3) is 0.400. The highest BCUT2D eigenvalue weighted by atomic mass is 16.6. The van der Waals surface area contributed by atoms with Crippen LogP contribution in [-0.2, 0) is 14.3 Å². The molecule has 7 heteroatoms. The van der Waals surface area contributed by atoms with Crippen LogP contribution in [-0.4, -0.2) is 42.8 Å². The lowest BCUT2D eigenvalue weighted by Gasteiger charge is -2.21. The number of ketones is 1. The van der Waals surface area contributed by atoms with Crippen LogP contribution in [0.2, 0.25) is 0 Å². The highest BCUT2D eigenvalue weighted by molar-refractivity contribution is 5.85. The molecule has 0 spiro atoms. The number of amides is 2. The van der Waals surface area contributed by atoms with Crippen LogP contribution in [0.25, 0.3) is 11.1 Å². The number of alkyl carbamates (subject to hydrolysis) is 2. The second-order valence-corrected chi connectivity index (χ2v) is 8.85. The van der Waals surface area contributed by atoms with Gasteiger partial charge in [-0.3, -0.25) is 4.79 Å². The molecule has 2 N–H and O–H groups in total. The van der Waals surface area contributed by atoms with Gasteiger partial charge in [0.1, 0.15) is 12.2 Å². The van der Waals surface area contributed by atoms with Gasteiger partial charge in [0.2, 0.25) is 0 Å². The summed E-state index contributed by atoms with van der Waals surface area (Å²) >= 11 is 0. The number of Topliss-reactive ketones (excluding diaryl/α,β-unsaturated/α-hetero) is 1. The van der Waals surface area contributed by atoms with E-state index in [1.54, 1.807) is 20.8 Å². The summed E-state index contributed by atoms with van der Waals surface area (Å²) in [6, 6.07) is 15.4. The molecule has 0 heterocycles. The summed E-state index contributed by atoms with van der Waals surface area (Å²) in [7, 11) is 0. The van der Waals surface area contributed by atoms with Gasteiger partial charge >= 0.3 is 12.2 Å². The van der Waals surface area contributed by atoms with Crippen molar-refractivity contribution in [1.82, 2.24) is 10.6 Å². The number of rotatable bonds is 7. The molecule has 0 fully saturated rings. The molecule has 170 valence electrons. The lowest BCUT2D eigenvalue weighted by atomic mass is 9.98. The molecule has 0 radical (unpaired) electrons. The largest absolute Gasteiger partial charge is 0.449 e. The zero-order valence-electron chi connectivity index (χ0n) is 18.9. The van der Waals surface area contributed by atoms with Crippen LogP contribution in [0.5, 0.6) is 0 Å². The minimum Gasteiger partial charge on any atom is -0.449 e. The molecule has 0 saturated carbocycles. The Kier molecular flexibility index (Phi) is 7.18. The Labute approximate surface area is 188 Å². The van der Waals surface area contributed by atoms with Gasteiger partial charge < -0.3 is 20.1 Å². The van der Waals surface area contributed by atoms with Gasteiger partial charge in [-0.05, 0) is 56.4 Å². The summed E-state index contributed by atoms with van der Waals surface area (Å²) in [5.74, 6) is -0.276. The Morgan fingerprint density at radius 3 is 2.03 bits per heavy atom. The minimum atomic E-state index is -0.763. The molecular formula is C25H30N2O5. The smallest absolute Gasteiger partial charge is 0.407 e. The third kappa shape index (κ3) is 5.87. The summed E-state index contributed by atoms with van der Waals surface area (Å²) in [5.41, 5.74) is 3.92. The Balaban J connectivity index is 1.54. The predicted octanol–water partition coefficient (Wildman–Crippen LogP) is 4.40. The molecule has 1 aliphatic rings. The second-order valence-electron chi connectivity index (χ2n) is 8.85. The summed E-state index contributed by atoms with van der Waals surface area (Å²) in [6.07, 6.45) is -0.996. The zero-order valence-corrected chi connectivity index (χ0v) is 18.9. The Bertz CT molecular complexity index is 950. The van der Waals surface area contributed by atoms with Crippen molar-refractivity contribution in [2.24, 2.45) is 0 Å². The summed E-state index contributed by atoms with van der Waals surface area (Å²) in [4.78, 5) is 36.1. The average molecular weight is 439 g/mol. The van der Waals surface area contributed by atoms with Gasteiger partial charge in [-0.25, -0.2) is 9.59 Å². The number of hydrogen-bond donors (Lipinski definition) is 2. The van der Waals surface area contributed by atoms with Gasteiger partial charge in [-0.15, -0.1) is 0 Å². The third-order valence-electron chi connectivity index (χ3n) is 5.23. The zero-order chi connectivity index (χ0) is 23.3. The standard InChI is InChI=1S/C25H30N2O5/c1-16(28)22(13-14-26-23(29)32-25(2,3)4)27-24(30)31-15-21-19-11-7-5-9-17(19)18-10-6-8-12-20(18)21/h5-12,21-22H,13-15H2,1-4H3,(H,26,29)(H,27,30)/t22-/m0/s1. The maximum Gasteiger partial charge on any atom is 0.407 e. The number of hydrogen-bond acceptors (Lipinski definition) is 5. The minimum absolute atomic E-state index is 0.0576. The lowest BCUT2D eigenvalue weighted by Crippen LogP contribution is -2.43. The summed E-state index contributed by atoms with van der Waals surface area (Å²) in [6.45, 7) is 7.04. The maximum atomic E-state index is 12.4. The molecule has 2 aromatic carbocycles. The fourth-order valence-corrected chi connectivity index (χ4v) is 3.79. The normalized spacial score (nSPS) is 13.5. The van der Waals surface area contributed by atoms with E-state index in [1.807, 2.05) is 36.4 Å². The Morgan fingerprint density at radius 2 is 1.50 bits per heavy atom. The van der Waals surface area contributed by atoms with Crippen molar-refractivity contribution in [1.29, 1.82) is 0 Å². The predicted molar refractivity (Wildman–Crippen MR) is 122 cm³/mol. The SMILES string of the molecule is CC(=O)[C@H](CCNC(=O)OC(C)(C)C)NC(=O)OCC1c2ccccc2-c2ccccc21. The topological polar surface area (TPSA) is 93.7 Å². The second kappa shape index (κ2) is 9.85. The molecule has 0 unspecified atom stereocenters. The molecule has 32 heavy (non-hydrogen) atoms. The van der Waals surface area contributed by atoms with E-state index in [2.05, 4.69) is 22.8 Å². The first-order valence-electron chi connectivity index (χ1n) is 10.7. The average Bonchev–Trinajstić information content (AvgIpc) is 3.04. The Hall–Kier alpha value is -3.35. The van der Waals surface area contributed by atoms with Crippen LogP contribution in [0, 0.1) is 0 Å². The van der Waals surface area contributed by atoms with E-state index in [-0.39, 0.29) is 31.3 Å². The van der Waals surface area contributed by atoms with Crippen molar-refractivity contribution in [3.63, 3.8) is 0 Å². The number of benzene rings is 2. The maximum absolute atomic E-state index is 12.4.